The number of pyridine rings is 1. The van der Waals surface area contributed by atoms with Crippen molar-refractivity contribution in [2.75, 3.05) is 39.0 Å². The van der Waals surface area contributed by atoms with Crippen LogP contribution in [0, 0.1) is 0 Å². The average Bonchev–Trinajstić information content (AvgIpc) is 2.61. The molecule has 9 heteroatoms. The van der Waals surface area contributed by atoms with Crippen LogP contribution in [0.15, 0.2) is 47.5 Å². The highest BCUT2D eigenvalue weighted by molar-refractivity contribution is 7.89. The average molecular weight is 391 g/mol. The Hall–Kier alpha value is -2.49. The molecule has 1 aromatic carbocycles. The molecule has 0 aliphatic carbocycles. The first-order valence-electron chi connectivity index (χ1n) is 8.50. The number of amides is 1. The van der Waals surface area contributed by atoms with E-state index in [-0.39, 0.29) is 10.8 Å². The molecule has 146 valence electrons. The molecule has 0 aliphatic rings. The maximum absolute atomic E-state index is 12.0. The number of hydrogen-bond acceptors (Lipinski definition) is 6. The summed E-state index contributed by atoms with van der Waals surface area (Å²) in [6, 6.07) is 9.94. The summed E-state index contributed by atoms with van der Waals surface area (Å²) in [4.78, 5) is 18.2. The van der Waals surface area contributed by atoms with Crippen LogP contribution in [-0.4, -0.2) is 57.9 Å². The second-order valence-corrected chi connectivity index (χ2v) is 7.92. The topological polar surface area (TPSA) is 117 Å². The summed E-state index contributed by atoms with van der Waals surface area (Å²) in [6.07, 6.45) is 2.32. The van der Waals surface area contributed by atoms with Crippen LogP contribution in [-0.2, 0) is 16.4 Å². The van der Waals surface area contributed by atoms with Crippen molar-refractivity contribution < 1.29 is 13.2 Å². The molecule has 0 unspecified atom stereocenters. The van der Waals surface area contributed by atoms with Crippen LogP contribution >= 0.6 is 0 Å². The smallest absolute Gasteiger partial charge is 0.269 e. The van der Waals surface area contributed by atoms with Crippen LogP contribution in [0.4, 0.5) is 5.69 Å². The van der Waals surface area contributed by atoms with E-state index in [1.54, 1.807) is 30.5 Å². The van der Waals surface area contributed by atoms with Gasteiger partial charge in [-0.1, -0.05) is 12.1 Å². The minimum absolute atomic E-state index is 0.0999. The van der Waals surface area contributed by atoms with Crippen molar-refractivity contribution in [3.63, 3.8) is 0 Å². The number of nitrogens with one attached hydrogen (secondary N) is 2. The third-order valence-corrected chi connectivity index (χ3v) is 4.76. The number of benzene rings is 1. The van der Waals surface area contributed by atoms with Gasteiger partial charge in [-0.05, 0) is 50.3 Å². The zero-order valence-electron chi connectivity index (χ0n) is 15.5. The van der Waals surface area contributed by atoms with Crippen molar-refractivity contribution in [2.45, 2.75) is 11.3 Å². The number of carbonyl (C=O) groups is 1. The van der Waals surface area contributed by atoms with Crippen molar-refractivity contribution in [1.29, 1.82) is 0 Å². The van der Waals surface area contributed by atoms with Gasteiger partial charge in [0.25, 0.3) is 5.91 Å². The first-order valence-corrected chi connectivity index (χ1v) is 10.0. The maximum atomic E-state index is 12.0. The minimum atomic E-state index is -3.66. The number of hydrogen-bond donors (Lipinski definition) is 3. The zero-order valence-corrected chi connectivity index (χ0v) is 16.3. The number of sulfonamides is 1. The molecule has 2 aromatic rings. The summed E-state index contributed by atoms with van der Waals surface area (Å²) in [5, 5.41) is 11.1. The van der Waals surface area contributed by atoms with E-state index in [0.717, 1.165) is 17.8 Å². The molecule has 0 fully saturated rings. The molecule has 1 heterocycles. The fourth-order valence-corrected chi connectivity index (χ4v) is 2.83. The first-order chi connectivity index (χ1) is 12.8. The molecular formula is C18H25N5O3S. The van der Waals surface area contributed by atoms with Crippen molar-refractivity contribution in [1.82, 2.24) is 15.2 Å². The number of nitrogens with two attached hydrogens (primary N) is 1. The van der Waals surface area contributed by atoms with Gasteiger partial charge in [0.15, 0.2) is 0 Å². The highest BCUT2D eigenvalue weighted by atomic mass is 32.2. The van der Waals surface area contributed by atoms with Crippen LogP contribution in [0.25, 0.3) is 0 Å². The Kier molecular flexibility index (Phi) is 7.28. The van der Waals surface area contributed by atoms with Crippen LogP contribution < -0.4 is 15.8 Å². The van der Waals surface area contributed by atoms with Gasteiger partial charge in [0.05, 0.1) is 16.8 Å². The van der Waals surface area contributed by atoms with Gasteiger partial charge in [0, 0.05) is 19.6 Å². The number of rotatable bonds is 9. The van der Waals surface area contributed by atoms with Gasteiger partial charge in [-0.3, -0.25) is 4.79 Å². The highest BCUT2D eigenvalue weighted by Crippen LogP contribution is 2.10. The lowest BCUT2D eigenvalue weighted by atomic mass is 10.1. The Bertz CT molecular complexity index is 850. The second kappa shape index (κ2) is 9.45. The molecular weight excluding hydrogens is 366 g/mol. The fraction of sp³-hybridized carbons (Fsp3) is 0.333. The zero-order chi connectivity index (χ0) is 19.9. The van der Waals surface area contributed by atoms with E-state index in [2.05, 4.69) is 15.6 Å². The molecule has 0 spiro atoms. The van der Waals surface area contributed by atoms with E-state index >= 15 is 0 Å². The van der Waals surface area contributed by atoms with Gasteiger partial charge in [-0.15, -0.1) is 0 Å². The Morgan fingerprint density at radius 3 is 2.37 bits per heavy atom. The molecule has 1 amide bonds. The molecule has 0 bridgehead atoms. The van der Waals surface area contributed by atoms with Gasteiger partial charge in [0.2, 0.25) is 10.0 Å². The van der Waals surface area contributed by atoms with Gasteiger partial charge in [-0.25, -0.2) is 18.5 Å². The molecule has 0 radical (unpaired) electrons. The third-order valence-electron chi connectivity index (χ3n) is 3.84. The first kappa shape index (κ1) is 20.8. The largest absolute Gasteiger partial charge is 0.383 e. The second-order valence-electron chi connectivity index (χ2n) is 6.36. The summed E-state index contributed by atoms with van der Waals surface area (Å²) in [5.41, 5.74) is 2.17. The molecule has 0 atom stereocenters. The quantitative estimate of drug-likeness (QED) is 0.578. The van der Waals surface area contributed by atoms with Crippen molar-refractivity contribution >= 4 is 21.6 Å². The molecule has 1 aromatic heterocycles. The Labute approximate surface area is 159 Å². The number of anilines is 1. The minimum Gasteiger partial charge on any atom is -0.383 e. The van der Waals surface area contributed by atoms with Gasteiger partial charge in [-0.2, -0.15) is 0 Å². The van der Waals surface area contributed by atoms with Gasteiger partial charge >= 0.3 is 0 Å². The fourth-order valence-electron chi connectivity index (χ4n) is 2.31. The summed E-state index contributed by atoms with van der Waals surface area (Å²) in [5.74, 6) is -0.196. The highest BCUT2D eigenvalue weighted by Gasteiger charge is 2.08. The van der Waals surface area contributed by atoms with E-state index in [9.17, 15) is 13.2 Å². The van der Waals surface area contributed by atoms with Gasteiger partial charge in [0.1, 0.15) is 5.69 Å². The lowest BCUT2D eigenvalue weighted by molar-refractivity contribution is 0.0946. The van der Waals surface area contributed by atoms with Crippen LogP contribution in [0.1, 0.15) is 16.1 Å². The molecule has 27 heavy (non-hydrogen) atoms. The lowest BCUT2D eigenvalue weighted by Gasteiger charge is -2.10. The van der Waals surface area contributed by atoms with Crippen LogP contribution in [0.5, 0.6) is 0 Å². The standard InChI is InChI=1S/C18H25N5O3S/c1-23(2)12-11-21-18(24)17-8-5-15(13-22-17)20-10-9-14-3-6-16(7-4-14)27(19,25)26/h3-8,13,20H,9-12H2,1-2H3,(H,21,24)(H2,19,25,26). The van der Waals surface area contributed by atoms with E-state index in [4.69, 9.17) is 5.14 Å². The third kappa shape index (κ3) is 6.97. The van der Waals surface area contributed by atoms with Crippen LogP contribution in [0.2, 0.25) is 0 Å². The SMILES string of the molecule is CN(C)CCNC(=O)c1ccc(NCCc2ccc(S(N)(=O)=O)cc2)cn1. The number of nitrogens with zero attached hydrogens (tertiary/aromatic N) is 2. The summed E-state index contributed by atoms with van der Waals surface area (Å²) in [7, 11) is 0.224. The van der Waals surface area contributed by atoms with Crippen molar-refractivity contribution in [2.24, 2.45) is 5.14 Å². The summed E-state index contributed by atoms with van der Waals surface area (Å²) >= 11 is 0. The molecule has 8 nitrogen and oxygen atoms in total. The van der Waals surface area contributed by atoms with Crippen molar-refractivity contribution in [3.05, 3.63) is 53.9 Å². The summed E-state index contributed by atoms with van der Waals surface area (Å²) < 4.78 is 22.5. The molecule has 0 aliphatic heterocycles. The Balaban J connectivity index is 1.80. The monoisotopic (exact) mass is 391 g/mol. The lowest BCUT2D eigenvalue weighted by Crippen LogP contribution is -2.31. The van der Waals surface area contributed by atoms with E-state index in [1.807, 2.05) is 19.0 Å². The predicted octanol–water partition coefficient (Wildman–Crippen LogP) is 0.675. The van der Waals surface area contributed by atoms with Crippen molar-refractivity contribution in [3.8, 4) is 0 Å². The molecule has 0 saturated heterocycles. The number of likely N-dealkylation sites (N-methyl/N-ethyl adjacent to an activating group) is 1. The molecule has 0 saturated carbocycles. The summed E-state index contributed by atoms with van der Waals surface area (Å²) in [6.45, 7) is 1.98. The Morgan fingerprint density at radius 2 is 1.81 bits per heavy atom. The van der Waals surface area contributed by atoms with Crippen LogP contribution in [0.3, 0.4) is 0 Å². The Morgan fingerprint density at radius 1 is 1.11 bits per heavy atom. The van der Waals surface area contributed by atoms with E-state index in [0.29, 0.717) is 25.2 Å². The molecule has 4 N–H and O–H groups in total. The van der Waals surface area contributed by atoms with E-state index in [1.165, 1.54) is 12.1 Å². The van der Waals surface area contributed by atoms with E-state index < -0.39 is 10.0 Å². The maximum Gasteiger partial charge on any atom is 0.269 e. The number of primary sulfonamides is 1. The number of carbonyl (C=O) groups excluding carboxylic acids is 1. The molecule has 2 rings (SSSR count). The van der Waals surface area contributed by atoms with Gasteiger partial charge < -0.3 is 15.5 Å². The number of aromatic nitrogens is 1. The predicted molar refractivity (Wildman–Crippen MR) is 105 cm³/mol. The normalized spacial score (nSPS) is 11.4.